The van der Waals surface area contributed by atoms with Crippen LogP contribution in [0.15, 0.2) is 59.4 Å². The molecule has 0 aliphatic heterocycles. The molecule has 0 atom stereocenters. The third kappa shape index (κ3) is 3.18. The summed E-state index contributed by atoms with van der Waals surface area (Å²) in [5, 5.41) is 1.39. The Hall–Kier alpha value is -2.99. The monoisotopic (exact) mass is 321 g/mol. The lowest BCUT2D eigenvalue weighted by molar-refractivity contribution is 0.736. The lowest BCUT2D eigenvalue weighted by Crippen LogP contribution is -2.35. The minimum Gasteiger partial charge on any atom is -0.279 e. The van der Waals surface area contributed by atoms with E-state index in [-0.39, 0.29) is 11.6 Å². The van der Waals surface area contributed by atoms with E-state index in [4.69, 9.17) is 5.84 Å². The van der Waals surface area contributed by atoms with E-state index in [9.17, 15) is 4.79 Å². The van der Waals surface area contributed by atoms with Gasteiger partial charge >= 0.3 is 5.69 Å². The topological polar surface area (TPSA) is 77.0 Å². The number of hydrogen-bond donors (Lipinski definition) is 1. The van der Waals surface area contributed by atoms with Gasteiger partial charge in [-0.25, -0.2) is 10.6 Å². The standard InChI is InChI=1S/C18H19N5O/c1-13-8-6-7-11-15(13)16-20-17(21-18(24)22(16)2)23(19)12-14-9-4-3-5-10-14/h3-11H,12,19H2,1-2H3. The van der Waals surface area contributed by atoms with Gasteiger partial charge in [-0.15, -0.1) is 0 Å². The third-order valence-electron chi connectivity index (χ3n) is 3.84. The van der Waals surface area contributed by atoms with Gasteiger partial charge in [0.25, 0.3) is 0 Å². The molecule has 0 amide bonds. The second kappa shape index (κ2) is 6.64. The van der Waals surface area contributed by atoms with Gasteiger partial charge in [-0.2, -0.15) is 9.97 Å². The van der Waals surface area contributed by atoms with Gasteiger partial charge in [-0.05, 0) is 18.1 Å². The van der Waals surface area contributed by atoms with Crippen LogP contribution in [0.1, 0.15) is 11.1 Å². The number of aromatic nitrogens is 3. The number of aryl methyl sites for hydroxylation is 1. The first-order valence-corrected chi connectivity index (χ1v) is 7.63. The highest BCUT2D eigenvalue weighted by molar-refractivity contribution is 5.61. The van der Waals surface area contributed by atoms with Gasteiger partial charge < -0.3 is 0 Å². The number of nitrogens with two attached hydrogens (primary N) is 1. The Balaban J connectivity index is 2.01. The van der Waals surface area contributed by atoms with Gasteiger partial charge in [-0.1, -0.05) is 54.6 Å². The van der Waals surface area contributed by atoms with Gasteiger partial charge in [0.05, 0.1) is 6.54 Å². The molecule has 3 rings (SSSR count). The summed E-state index contributed by atoms with van der Waals surface area (Å²) in [6.45, 7) is 2.40. The second-order valence-corrected chi connectivity index (χ2v) is 5.62. The highest BCUT2D eigenvalue weighted by atomic mass is 16.1. The molecule has 6 nitrogen and oxygen atoms in total. The van der Waals surface area contributed by atoms with E-state index in [1.165, 1.54) is 9.58 Å². The molecular formula is C18H19N5O. The molecule has 2 N–H and O–H groups in total. The zero-order chi connectivity index (χ0) is 17.1. The molecule has 0 spiro atoms. The van der Waals surface area contributed by atoms with Crippen LogP contribution in [0.3, 0.4) is 0 Å². The molecule has 122 valence electrons. The Labute approximate surface area is 140 Å². The fourth-order valence-corrected chi connectivity index (χ4v) is 2.49. The van der Waals surface area contributed by atoms with Crippen LogP contribution in [-0.4, -0.2) is 14.5 Å². The maximum atomic E-state index is 12.2. The van der Waals surface area contributed by atoms with E-state index in [1.807, 2.05) is 61.5 Å². The van der Waals surface area contributed by atoms with Crippen molar-refractivity contribution in [1.29, 1.82) is 0 Å². The molecule has 3 aromatic rings. The maximum absolute atomic E-state index is 12.2. The van der Waals surface area contributed by atoms with Crippen LogP contribution >= 0.6 is 0 Å². The van der Waals surface area contributed by atoms with Crippen molar-refractivity contribution in [1.82, 2.24) is 14.5 Å². The maximum Gasteiger partial charge on any atom is 0.352 e. The molecule has 0 radical (unpaired) electrons. The molecule has 2 aromatic carbocycles. The fourth-order valence-electron chi connectivity index (χ4n) is 2.49. The van der Waals surface area contributed by atoms with E-state index in [0.29, 0.717) is 12.4 Å². The average molecular weight is 321 g/mol. The van der Waals surface area contributed by atoms with Crippen molar-refractivity contribution in [3.05, 3.63) is 76.2 Å². The predicted octanol–water partition coefficient (Wildman–Crippen LogP) is 2.03. The summed E-state index contributed by atoms with van der Waals surface area (Å²) in [5.41, 5.74) is 2.54. The Morgan fingerprint density at radius 1 is 1.04 bits per heavy atom. The summed E-state index contributed by atoms with van der Waals surface area (Å²) in [4.78, 5) is 20.7. The van der Waals surface area contributed by atoms with Crippen LogP contribution < -0.4 is 16.5 Å². The van der Waals surface area contributed by atoms with Crippen LogP contribution in [0.25, 0.3) is 11.4 Å². The second-order valence-electron chi connectivity index (χ2n) is 5.62. The van der Waals surface area contributed by atoms with Crippen LogP contribution in [0.2, 0.25) is 0 Å². The molecule has 1 aromatic heterocycles. The molecule has 0 saturated carbocycles. The molecule has 24 heavy (non-hydrogen) atoms. The van der Waals surface area contributed by atoms with Crippen molar-refractivity contribution in [3.8, 4) is 11.4 Å². The van der Waals surface area contributed by atoms with Gasteiger partial charge in [0.15, 0.2) is 0 Å². The van der Waals surface area contributed by atoms with Crippen LogP contribution in [0.5, 0.6) is 0 Å². The summed E-state index contributed by atoms with van der Waals surface area (Å²) in [5.74, 6) is 6.85. The SMILES string of the molecule is Cc1ccccc1-c1nc(N(N)Cc2ccccc2)nc(=O)n1C. The van der Waals surface area contributed by atoms with Crippen molar-refractivity contribution in [2.45, 2.75) is 13.5 Å². The van der Waals surface area contributed by atoms with Gasteiger partial charge in [0.2, 0.25) is 5.95 Å². The fraction of sp³-hybridized carbons (Fsp3) is 0.167. The minimum absolute atomic E-state index is 0.209. The number of anilines is 1. The van der Waals surface area contributed by atoms with Gasteiger partial charge in [0, 0.05) is 12.6 Å². The Morgan fingerprint density at radius 2 is 1.71 bits per heavy atom. The zero-order valence-corrected chi connectivity index (χ0v) is 13.7. The summed E-state index contributed by atoms with van der Waals surface area (Å²) in [6, 6.07) is 17.5. The van der Waals surface area contributed by atoms with Gasteiger partial charge in [0.1, 0.15) is 5.82 Å². The van der Waals surface area contributed by atoms with E-state index >= 15 is 0 Å². The van der Waals surface area contributed by atoms with Crippen molar-refractivity contribution < 1.29 is 0 Å². The first kappa shape index (κ1) is 15.9. The van der Waals surface area contributed by atoms with E-state index in [0.717, 1.165) is 16.7 Å². The van der Waals surface area contributed by atoms with Crippen molar-refractivity contribution in [2.24, 2.45) is 12.9 Å². The van der Waals surface area contributed by atoms with Crippen LogP contribution in [0, 0.1) is 6.92 Å². The van der Waals surface area contributed by atoms with Crippen molar-refractivity contribution in [3.63, 3.8) is 0 Å². The summed E-state index contributed by atoms with van der Waals surface area (Å²) in [7, 11) is 1.66. The summed E-state index contributed by atoms with van der Waals surface area (Å²) in [6.07, 6.45) is 0. The third-order valence-corrected chi connectivity index (χ3v) is 3.84. The summed E-state index contributed by atoms with van der Waals surface area (Å²) >= 11 is 0. The first-order chi connectivity index (χ1) is 11.6. The van der Waals surface area contributed by atoms with E-state index in [1.54, 1.807) is 7.05 Å². The molecule has 0 aliphatic rings. The number of hydrazine groups is 1. The Bertz CT molecular complexity index is 905. The van der Waals surface area contributed by atoms with E-state index in [2.05, 4.69) is 9.97 Å². The number of benzene rings is 2. The molecule has 0 aliphatic carbocycles. The quantitative estimate of drug-likeness (QED) is 0.588. The first-order valence-electron chi connectivity index (χ1n) is 7.63. The lowest BCUT2D eigenvalue weighted by Gasteiger charge is -2.18. The summed E-state index contributed by atoms with van der Waals surface area (Å²) < 4.78 is 1.43. The van der Waals surface area contributed by atoms with E-state index < -0.39 is 0 Å². The molecule has 0 fully saturated rings. The highest BCUT2D eigenvalue weighted by Gasteiger charge is 2.14. The molecular weight excluding hydrogens is 302 g/mol. The number of nitrogens with zero attached hydrogens (tertiary/aromatic N) is 4. The molecule has 0 bridgehead atoms. The number of rotatable bonds is 4. The van der Waals surface area contributed by atoms with Gasteiger partial charge in [-0.3, -0.25) is 9.58 Å². The largest absolute Gasteiger partial charge is 0.352 e. The average Bonchev–Trinajstić information content (AvgIpc) is 2.59. The minimum atomic E-state index is -0.387. The van der Waals surface area contributed by atoms with Crippen molar-refractivity contribution in [2.75, 3.05) is 5.01 Å². The highest BCUT2D eigenvalue weighted by Crippen LogP contribution is 2.20. The van der Waals surface area contributed by atoms with Crippen molar-refractivity contribution >= 4 is 5.95 Å². The predicted molar refractivity (Wildman–Crippen MR) is 94.3 cm³/mol. The normalized spacial score (nSPS) is 10.6. The molecule has 0 unspecified atom stereocenters. The van der Waals surface area contributed by atoms with Crippen LogP contribution in [0.4, 0.5) is 5.95 Å². The Kier molecular flexibility index (Phi) is 4.39. The number of hydrogen-bond acceptors (Lipinski definition) is 5. The zero-order valence-electron chi connectivity index (χ0n) is 13.7. The molecule has 0 saturated heterocycles. The lowest BCUT2D eigenvalue weighted by atomic mass is 10.1. The molecule has 1 heterocycles. The smallest absolute Gasteiger partial charge is 0.279 e. The van der Waals surface area contributed by atoms with Crippen LogP contribution in [-0.2, 0) is 13.6 Å². The Morgan fingerprint density at radius 3 is 2.42 bits per heavy atom. The molecule has 6 heteroatoms.